The van der Waals surface area contributed by atoms with Crippen molar-refractivity contribution < 1.29 is 27.9 Å². The summed E-state index contributed by atoms with van der Waals surface area (Å²) in [7, 11) is 0. The minimum absolute atomic E-state index is 0.0419. The number of likely N-dealkylation sites (tertiary alicyclic amines) is 1. The number of rotatable bonds is 7. The van der Waals surface area contributed by atoms with Crippen LogP contribution in [0.3, 0.4) is 0 Å². The van der Waals surface area contributed by atoms with Crippen molar-refractivity contribution in [1.29, 1.82) is 5.26 Å². The monoisotopic (exact) mass is 591 g/mol. The van der Waals surface area contributed by atoms with Gasteiger partial charge < -0.3 is 10.4 Å². The van der Waals surface area contributed by atoms with E-state index in [-0.39, 0.29) is 49.9 Å². The van der Waals surface area contributed by atoms with Crippen LogP contribution in [0.4, 0.5) is 18.9 Å². The second-order valence-electron chi connectivity index (χ2n) is 11.5. The Morgan fingerprint density at radius 3 is 2.37 bits per heavy atom. The summed E-state index contributed by atoms with van der Waals surface area (Å²) in [4.78, 5) is 34.6. The van der Waals surface area contributed by atoms with Crippen molar-refractivity contribution in [2.45, 2.75) is 68.7 Å². The number of nitrogens with one attached hydrogen (secondary N) is 1. The molecule has 2 aromatic carbocycles. The van der Waals surface area contributed by atoms with Crippen LogP contribution < -0.4 is 10.2 Å². The number of hydrogen-bond donors (Lipinski definition) is 2. The van der Waals surface area contributed by atoms with E-state index in [2.05, 4.69) is 10.3 Å². The number of benzene rings is 2. The number of carbonyl (C=O) groups is 2. The molecule has 11 heteroatoms. The van der Waals surface area contributed by atoms with Crippen molar-refractivity contribution >= 4 is 17.5 Å². The number of carbonyl (C=O) groups excluding carboxylic acids is 2. The van der Waals surface area contributed by atoms with Gasteiger partial charge in [0.05, 0.1) is 18.3 Å². The molecule has 1 saturated heterocycles. The number of anilines is 1. The molecule has 2 amide bonds. The summed E-state index contributed by atoms with van der Waals surface area (Å²) in [5, 5.41) is 23.3. The molecular formula is C32H32F3N5O3. The average Bonchev–Trinajstić information content (AvgIpc) is 3.31. The highest BCUT2D eigenvalue weighted by Gasteiger charge is 2.47. The van der Waals surface area contributed by atoms with E-state index in [1.54, 1.807) is 24.3 Å². The van der Waals surface area contributed by atoms with Crippen LogP contribution in [0.2, 0.25) is 0 Å². The van der Waals surface area contributed by atoms with Crippen molar-refractivity contribution in [3.05, 3.63) is 84.4 Å². The van der Waals surface area contributed by atoms with Crippen LogP contribution in [0.15, 0.2) is 73.1 Å². The minimum atomic E-state index is -2.81. The Morgan fingerprint density at radius 2 is 1.74 bits per heavy atom. The quantitative estimate of drug-likeness (QED) is 0.376. The number of aromatic nitrogens is 1. The maximum Gasteiger partial charge on any atom is 0.251 e. The van der Waals surface area contributed by atoms with E-state index in [1.165, 1.54) is 18.0 Å². The maximum absolute atomic E-state index is 14.5. The molecule has 1 saturated carbocycles. The molecule has 5 rings (SSSR count). The number of nitriles is 1. The molecule has 2 N–H and O–H groups in total. The fraction of sp³-hybridized carbons (Fsp3) is 0.375. The average molecular weight is 592 g/mol. The second kappa shape index (κ2) is 12.1. The Balaban J connectivity index is 1.58. The second-order valence-corrected chi connectivity index (χ2v) is 11.5. The van der Waals surface area contributed by atoms with E-state index in [4.69, 9.17) is 0 Å². The van der Waals surface area contributed by atoms with Crippen molar-refractivity contribution in [2.24, 2.45) is 0 Å². The van der Waals surface area contributed by atoms with Crippen LogP contribution in [0.25, 0.3) is 11.1 Å². The van der Waals surface area contributed by atoms with E-state index in [0.29, 0.717) is 0 Å². The van der Waals surface area contributed by atoms with E-state index < -0.39 is 47.3 Å². The molecule has 2 aliphatic rings. The third-order valence-electron chi connectivity index (χ3n) is 8.04. The zero-order valence-electron chi connectivity index (χ0n) is 23.6. The smallest absolute Gasteiger partial charge is 0.251 e. The lowest BCUT2D eigenvalue weighted by Crippen LogP contribution is -2.52. The highest BCUT2D eigenvalue weighted by atomic mass is 19.3. The number of pyridine rings is 1. The van der Waals surface area contributed by atoms with Crippen LogP contribution >= 0.6 is 0 Å². The molecule has 1 unspecified atom stereocenters. The van der Waals surface area contributed by atoms with E-state index in [1.807, 2.05) is 36.5 Å². The van der Waals surface area contributed by atoms with Crippen LogP contribution in [-0.2, 0) is 9.59 Å². The fourth-order valence-corrected chi connectivity index (χ4v) is 5.86. The Hall–Kier alpha value is -4.43. The Labute approximate surface area is 247 Å². The van der Waals surface area contributed by atoms with Gasteiger partial charge in [-0.3, -0.25) is 24.4 Å². The molecule has 1 aliphatic carbocycles. The topological polar surface area (TPSA) is 110 Å². The van der Waals surface area contributed by atoms with Gasteiger partial charge >= 0.3 is 0 Å². The Bertz CT molecular complexity index is 1500. The zero-order chi connectivity index (χ0) is 30.8. The van der Waals surface area contributed by atoms with Gasteiger partial charge in [0.25, 0.3) is 5.91 Å². The molecular weight excluding hydrogens is 559 g/mol. The Morgan fingerprint density at radius 1 is 1.09 bits per heavy atom. The van der Waals surface area contributed by atoms with E-state index in [9.17, 15) is 33.1 Å². The normalized spacial score (nSPS) is 22.4. The van der Waals surface area contributed by atoms with Gasteiger partial charge in [-0.25, -0.2) is 13.2 Å². The molecule has 2 heterocycles. The standard InChI is InChI=1S/C32H32F3N5O3/c1-31(43)16-27(39(19-31)20-36)30(42)40(26-9-7-22(8-10-26)21-5-3-2-4-6-21)28(23-15-24(33)18-37-17-23)29(41)38-25-11-13-32(34,35)14-12-25/h2-10,15,17-18,25,27-28,43H,11-14,16,19H2,1H3,(H,38,41)/t27-,28?,31-/m1/s1. The third-order valence-corrected chi connectivity index (χ3v) is 8.04. The molecule has 1 aliphatic heterocycles. The molecule has 0 radical (unpaired) electrons. The largest absolute Gasteiger partial charge is 0.388 e. The summed E-state index contributed by atoms with van der Waals surface area (Å²) < 4.78 is 42.2. The first-order valence-corrected chi connectivity index (χ1v) is 14.1. The number of alkyl halides is 2. The number of β-amino-alcohol motifs (C(OH)–C–C–N with tert-alkyl or cyclic N) is 1. The predicted molar refractivity (Wildman–Crippen MR) is 153 cm³/mol. The summed E-state index contributed by atoms with van der Waals surface area (Å²) in [5.41, 5.74) is 0.772. The summed E-state index contributed by atoms with van der Waals surface area (Å²) in [5.74, 6) is -4.90. The lowest BCUT2D eigenvalue weighted by atomic mass is 9.91. The van der Waals surface area contributed by atoms with Gasteiger partial charge in [0.15, 0.2) is 6.19 Å². The van der Waals surface area contributed by atoms with Crippen molar-refractivity contribution in [1.82, 2.24) is 15.2 Å². The molecule has 3 aromatic rings. The van der Waals surface area contributed by atoms with Crippen molar-refractivity contribution in [2.75, 3.05) is 11.4 Å². The van der Waals surface area contributed by atoms with Gasteiger partial charge in [0.2, 0.25) is 11.8 Å². The molecule has 2 fully saturated rings. The van der Waals surface area contributed by atoms with Crippen molar-refractivity contribution in [3.63, 3.8) is 0 Å². The lowest BCUT2D eigenvalue weighted by molar-refractivity contribution is -0.129. The van der Waals surface area contributed by atoms with Gasteiger partial charge in [-0.1, -0.05) is 42.5 Å². The Kier molecular flexibility index (Phi) is 8.42. The maximum atomic E-state index is 14.5. The highest BCUT2D eigenvalue weighted by Crippen LogP contribution is 2.37. The first-order chi connectivity index (χ1) is 20.5. The molecule has 0 spiro atoms. The number of hydrogen-bond acceptors (Lipinski definition) is 6. The van der Waals surface area contributed by atoms with Gasteiger partial charge in [-0.05, 0) is 49.1 Å². The van der Waals surface area contributed by atoms with Gasteiger partial charge in [0, 0.05) is 42.8 Å². The zero-order valence-corrected chi connectivity index (χ0v) is 23.6. The summed E-state index contributed by atoms with van der Waals surface area (Å²) in [6.45, 7) is 1.43. The highest BCUT2D eigenvalue weighted by molar-refractivity contribution is 6.04. The van der Waals surface area contributed by atoms with Gasteiger partial charge in [-0.2, -0.15) is 5.26 Å². The minimum Gasteiger partial charge on any atom is -0.388 e. The number of nitrogens with zero attached hydrogens (tertiary/aromatic N) is 4. The van der Waals surface area contributed by atoms with Gasteiger partial charge in [0.1, 0.15) is 17.9 Å². The lowest BCUT2D eigenvalue weighted by Gasteiger charge is -2.36. The molecule has 0 bridgehead atoms. The fourth-order valence-electron chi connectivity index (χ4n) is 5.86. The van der Waals surface area contributed by atoms with Crippen LogP contribution in [0.1, 0.15) is 50.6 Å². The first kappa shape index (κ1) is 30.0. The molecule has 43 heavy (non-hydrogen) atoms. The molecule has 224 valence electrons. The molecule has 8 nitrogen and oxygen atoms in total. The van der Waals surface area contributed by atoms with Crippen LogP contribution in [0, 0.1) is 17.3 Å². The summed E-state index contributed by atoms with van der Waals surface area (Å²) in [6.07, 6.45) is 3.43. The van der Waals surface area contributed by atoms with Crippen molar-refractivity contribution in [3.8, 4) is 17.3 Å². The summed E-state index contributed by atoms with van der Waals surface area (Å²) in [6, 6.07) is 14.3. The first-order valence-electron chi connectivity index (χ1n) is 14.1. The number of aliphatic hydroxyl groups is 1. The van der Waals surface area contributed by atoms with E-state index >= 15 is 0 Å². The van der Waals surface area contributed by atoms with E-state index in [0.717, 1.165) is 28.3 Å². The molecule has 3 atom stereocenters. The van der Waals surface area contributed by atoms with Crippen LogP contribution in [-0.4, -0.2) is 57.0 Å². The third kappa shape index (κ3) is 6.81. The SMILES string of the molecule is C[C@@]1(O)C[C@H](C(=O)N(c2ccc(-c3ccccc3)cc2)C(C(=O)NC2CCC(F)(F)CC2)c2cncc(F)c2)N(C#N)C1. The number of amides is 2. The molecule has 1 aromatic heterocycles. The summed E-state index contributed by atoms with van der Waals surface area (Å²) >= 11 is 0. The predicted octanol–water partition coefficient (Wildman–Crippen LogP) is 4.96. The number of halogens is 3. The van der Waals surface area contributed by atoms with Crippen LogP contribution in [0.5, 0.6) is 0 Å². The van der Waals surface area contributed by atoms with Gasteiger partial charge in [-0.15, -0.1) is 0 Å².